The van der Waals surface area contributed by atoms with Crippen molar-refractivity contribution in [1.82, 2.24) is 4.90 Å². The molecule has 0 aliphatic rings. The third-order valence-electron chi connectivity index (χ3n) is 4.34. The van der Waals surface area contributed by atoms with Gasteiger partial charge in [0.2, 0.25) is 0 Å². The van der Waals surface area contributed by atoms with Gasteiger partial charge in [0.05, 0.1) is 17.2 Å². The molecule has 29 heavy (non-hydrogen) atoms. The number of hydrogen-bond acceptors (Lipinski definition) is 4. The molecule has 0 fully saturated rings. The summed E-state index contributed by atoms with van der Waals surface area (Å²) in [5.41, 5.74) is 2.59. The number of hydrogen-bond donors (Lipinski definition) is 0. The zero-order valence-corrected chi connectivity index (χ0v) is 15.8. The van der Waals surface area contributed by atoms with Crippen LogP contribution in [0.2, 0.25) is 0 Å². The molecular weight excluding hydrogens is 364 g/mol. The van der Waals surface area contributed by atoms with Crippen molar-refractivity contribution in [3.63, 3.8) is 0 Å². The lowest BCUT2D eigenvalue weighted by Gasteiger charge is -2.23. The normalized spacial score (nSPS) is 10.0. The highest BCUT2D eigenvalue weighted by atomic mass is 16.5. The predicted molar refractivity (Wildman–Crippen MR) is 109 cm³/mol. The largest absolute Gasteiger partial charge is 0.452 e. The Kier molecular flexibility index (Phi) is 6.75. The molecule has 0 spiro atoms. The number of carbonyl (C=O) groups excluding carboxylic acids is 2. The second-order valence-electron chi connectivity index (χ2n) is 6.49. The number of carbonyl (C=O) groups is 2. The van der Waals surface area contributed by atoms with Crippen LogP contribution in [0.4, 0.5) is 0 Å². The van der Waals surface area contributed by atoms with E-state index in [4.69, 9.17) is 10.00 Å². The Hall–Kier alpha value is -3.91. The Morgan fingerprint density at radius 3 is 1.97 bits per heavy atom. The van der Waals surface area contributed by atoms with Crippen LogP contribution in [0.25, 0.3) is 0 Å². The van der Waals surface area contributed by atoms with Crippen LogP contribution in [0.1, 0.15) is 27.0 Å². The van der Waals surface area contributed by atoms with Crippen molar-refractivity contribution in [2.75, 3.05) is 6.61 Å². The van der Waals surface area contributed by atoms with Gasteiger partial charge in [-0.05, 0) is 29.3 Å². The van der Waals surface area contributed by atoms with Crippen LogP contribution in [0.15, 0.2) is 84.9 Å². The van der Waals surface area contributed by atoms with Crippen LogP contribution in [0.3, 0.4) is 0 Å². The van der Waals surface area contributed by atoms with Crippen molar-refractivity contribution in [3.05, 3.63) is 107 Å². The lowest BCUT2D eigenvalue weighted by Crippen LogP contribution is -2.33. The second-order valence-corrected chi connectivity index (χ2v) is 6.49. The van der Waals surface area contributed by atoms with Crippen molar-refractivity contribution in [3.8, 4) is 6.07 Å². The lowest BCUT2D eigenvalue weighted by molar-refractivity contribution is -0.135. The average Bonchev–Trinajstić information content (AvgIpc) is 2.78. The van der Waals surface area contributed by atoms with E-state index in [9.17, 15) is 9.59 Å². The van der Waals surface area contributed by atoms with Crippen LogP contribution < -0.4 is 0 Å². The summed E-state index contributed by atoms with van der Waals surface area (Å²) in [6.07, 6.45) is 0. The first-order valence-electron chi connectivity index (χ1n) is 9.18. The van der Waals surface area contributed by atoms with E-state index in [1.54, 1.807) is 23.1 Å². The number of esters is 1. The summed E-state index contributed by atoms with van der Waals surface area (Å²) < 4.78 is 5.21. The third kappa shape index (κ3) is 5.78. The number of amides is 1. The molecule has 5 nitrogen and oxygen atoms in total. The average molecular weight is 384 g/mol. The molecule has 3 rings (SSSR count). The molecule has 0 saturated carbocycles. The Balaban J connectivity index is 1.68. The summed E-state index contributed by atoms with van der Waals surface area (Å²) in [6, 6.07) is 27.5. The number of ether oxygens (including phenoxy) is 1. The summed E-state index contributed by atoms with van der Waals surface area (Å²) in [7, 11) is 0. The highest BCUT2D eigenvalue weighted by Crippen LogP contribution is 2.12. The van der Waals surface area contributed by atoms with Crippen LogP contribution in [-0.2, 0) is 22.6 Å². The third-order valence-corrected chi connectivity index (χ3v) is 4.34. The van der Waals surface area contributed by atoms with Gasteiger partial charge in [0.15, 0.2) is 6.61 Å². The standard InChI is InChI=1S/C24H20N2O3/c25-15-21-12-7-13-22(14-21)24(28)29-18-23(27)26(16-19-8-3-1-4-9-19)17-20-10-5-2-6-11-20/h1-14H,16-18H2. The monoisotopic (exact) mass is 384 g/mol. The molecule has 144 valence electrons. The molecule has 0 aliphatic carbocycles. The molecule has 0 heterocycles. The molecule has 3 aromatic rings. The number of nitriles is 1. The van der Waals surface area contributed by atoms with Crippen LogP contribution in [0.5, 0.6) is 0 Å². The maximum Gasteiger partial charge on any atom is 0.338 e. The molecule has 0 radical (unpaired) electrons. The van der Waals surface area contributed by atoms with Gasteiger partial charge in [-0.2, -0.15) is 5.26 Å². The first-order valence-corrected chi connectivity index (χ1v) is 9.18. The zero-order chi connectivity index (χ0) is 20.5. The Labute approximate surface area is 169 Å². The van der Waals surface area contributed by atoms with Gasteiger partial charge in [0.1, 0.15) is 0 Å². The fourth-order valence-electron chi connectivity index (χ4n) is 2.86. The summed E-state index contributed by atoms with van der Waals surface area (Å²) in [6.45, 7) is 0.460. The molecule has 0 saturated heterocycles. The van der Waals surface area contributed by atoms with Gasteiger partial charge in [-0.25, -0.2) is 4.79 Å². The van der Waals surface area contributed by atoms with E-state index in [2.05, 4.69) is 0 Å². The van der Waals surface area contributed by atoms with Gasteiger partial charge in [-0.15, -0.1) is 0 Å². The molecule has 3 aromatic carbocycles. The van der Waals surface area contributed by atoms with E-state index in [0.717, 1.165) is 11.1 Å². The Morgan fingerprint density at radius 1 is 0.828 bits per heavy atom. The highest BCUT2D eigenvalue weighted by Gasteiger charge is 2.17. The van der Waals surface area contributed by atoms with Crippen LogP contribution in [-0.4, -0.2) is 23.4 Å². The fraction of sp³-hybridized carbons (Fsp3) is 0.125. The van der Waals surface area contributed by atoms with Gasteiger partial charge < -0.3 is 9.64 Å². The molecule has 0 unspecified atom stereocenters. The van der Waals surface area contributed by atoms with Crippen molar-refractivity contribution in [1.29, 1.82) is 5.26 Å². The maximum absolute atomic E-state index is 12.8. The predicted octanol–water partition coefficient (Wildman–Crippen LogP) is 3.94. The summed E-state index contributed by atoms with van der Waals surface area (Å²) in [4.78, 5) is 26.7. The van der Waals surface area contributed by atoms with Gasteiger partial charge in [-0.1, -0.05) is 66.7 Å². The molecule has 0 N–H and O–H groups in total. The molecule has 0 atom stereocenters. The van der Waals surface area contributed by atoms with Gasteiger partial charge in [0.25, 0.3) is 5.91 Å². The molecule has 5 heteroatoms. The quantitative estimate of drug-likeness (QED) is 0.579. The SMILES string of the molecule is N#Cc1cccc(C(=O)OCC(=O)N(Cc2ccccc2)Cc2ccccc2)c1. The topological polar surface area (TPSA) is 70.4 Å². The minimum absolute atomic E-state index is 0.245. The van der Waals surface area contributed by atoms with Crippen molar-refractivity contribution in [2.45, 2.75) is 13.1 Å². The first kappa shape index (κ1) is 19.8. The van der Waals surface area contributed by atoms with Gasteiger partial charge >= 0.3 is 5.97 Å². The van der Waals surface area contributed by atoms with Crippen LogP contribution in [0, 0.1) is 11.3 Å². The van der Waals surface area contributed by atoms with E-state index in [-0.39, 0.29) is 18.1 Å². The van der Waals surface area contributed by atoms with Crippen molar-refractivity contribution in [2.24, 2.45) is 0 Å². The molecule has 0 bridgehead atoms. The van der Waals surface area contributed by atoms with E-state index in [1.807, 2.05) is 66.7 Å². The zero-order valence-electron chi connectivity index (χ0n) is 15.8. The second kappa shape index (κ2) is 9.86. The van der Waals surface area contributed by atoms with E-state index >= 15 is 0 Å². The van der Waals surface area contributed by atoms with Crippen molar-refractivity contribution >= 4 is 11.9 Å². The molecule has 0 aromatic heterocycles. The van der Waals surface area contributed by atoms with E-state index in [0.29, 0.717) is 18.7 Å². The Morgan fingerprint density at radius 2 is 1.41 bits per heavy atom. The lowest BCUT2D eigenvalue weighted by atomic mass is 10.1. The molecular formula is C24H20N2O3. The van der Waals surface area contributed by atoms with Crippen LogP contribution >= 0.6 is 0 Å². The van der Waals surface area contributed by atoms with Gasteiger partial charge in [0, 0.05) is 13.1 Å². The van der Waals surface area contributed by atoms with Crippen molar-refractivity contribution < 1.29 is 14.3 Å². The van der Waals surface area contributed by atoms with Gasteiger partial charge in [-0.3, -0.25) is 4.79 Å². The summed E-state index contributed by atoms with van der Waals surface area (Å²) in [5.74, 6) is -0.919. The molecule has 1 amide bonds. The number of benzene rings is 3. The number of rotatable bonds is 7. The summed E-state index contributed by atoms with van der Waals surface area (Å²) in [5, 5.41) is 8.95. The smallest absolute Gasteiger partial charge is 0.338 e. The fourth-order valence-corrected chi connectivity index (χ4v) is 2.86. The minimum Gasteiger partial charge on any atom is -0.452 e. The van der Waals surface area contributed by atoms with E-state index < -0.39 is 5.97 Å². The summed E-state index contributed by atoms with van der Waals surface area (Å²) >= 11 is 0. The number of nitrogens with zero attached hydrogens (tertiary/aromatic N) is 2. The Bertz CT molecular complexity index is 970. The highest BCUT2D eigenvalue weighted by molar-refractivity contribution is 5.91. The maximum atomic E-state index is 12.8. The molecule has 0 aliphatic heterocycles. The minimum atomic E-state index is -0.630. The van der Waals surface area contributed by atoms with E-state index in [1.165, 1.54) is 6.07 Å². The first-order chi connectivity index (χ1) is 14.2.